The maximum atomic E-state index is 13.3. The second kappa shape index (κ2) is 7.62. The number of nitrogens with zero attached hydrogens (tertiary/aromatic N) is 5. The van der Waals surface area contributed by atoms with E-state index in [0.29, 0.717) is 33.4 Å². The molecule has 0 radical (unpaired) electrons. The number of anilines is 1. The molecule has 8 nitrogen and oxygen atoms in total. The maximum Gasteiger partial charge on any atom is 0.265 e. The van der Waals surface area contributed by atoms with Gasteiger partial charge < -0.3 is 5.32 Å². The van der Waals surface area contributed by atoms with Gasteiger partial charge in [0, 0.05) is 18.4 Å². The Morgan fingerprint density at radius 3 is 2.87 bits per heavy atom. The Kier molecular flexibility index (Phi) is 4.78. The number of aryl methyl sites for hydroxylation is 1. The van der Waals surface area contributed by atoms with Crippen LogP contribution < -0.4 is 10.9 Å². The molecule has 1 aliphatic heterocycles. The van der Waals surface area contributed by atoms with Crippen molar-refractivity contribution >= 4 is 34.5 Å². The predicted molar refractivity (Wildman–Crippen MR) is 115 cm³/mol. The summed E-state index contributed by atoms with van der Waals surface area (Å²) in [5.41, 5.74) is 1.64. The Morgan fingerprint density at radius 2 is 2.10 bits per heavy atom. The highest BCUT2D eigenvalue weighted by Gasteiger charge is 2.29. The molecule has 5 rings (SSSR count). The Bertz CT molecular complexity index is 1360. The lowest BCUT2D eigenvalue weighted by molar-refractivity contribution is -0.116. The number of nitrogens with one attached hydrogen (secondary N) is 1. The summed E-state index contributed by atoms with van der Waals surface area (Å²) in [5.74, 6) is 0.508. The van der Waals surface area contributed by atoms with Gasteiger partial charge in [0.2, 0.25) is 5.91 Å². The highest BCUT2D eigenvalue weighted by atomic mass is 32.2. The zero-order valence-electron chi connectivity index (χ0n) is 16.4. The average Bonchev–Trinajstić information content (AvgIpc) is 3.35. The van der Waals surface area contributed by atoms with Gasteiger partial charge in [0.1, 0.15) is 17.0 Å². The lowest BCUT2D eigenvalue weighted by Gasteiger charge is -2.14. The van der Waals surface area contributed by atoms with Crippen LogP contribution in [0.2, 0.25) is 0 Å². The second-order valence-corrected chi connectivity index (χ2v) is 8.21. The van der Waals surface area contributed by atoms with E-state index in [1.165, 1.54) is 34.8 Å². The van der Waals surface area contributed by atoms with Gasteiger partial charge >= 0.3 is 0 Å². The van der Waals surface area contributed by atoms with Crippen molar-refractivity contribution < 1.29 is 9.18 Å². The molecule has 1 aliphatic rings. The lowest BCUT2D eigenvalue weighted by Crippen LogP contribution is -2.28. The smallest absolute Gasteiger partial charge is 0.265 e. The van der Waals surface area contributed by atoms with E-state index < -0.39 is 0 Å². The fourth-order valence-corrected chi connectivity index (χ4v) is 4.70. The molecule has 156 valence electrons. The van der Waals surface area contributed by atoms with Gasteiger partial charge in [-0.3, -0.25) is 14.2 Å². The van der Waals surface area contributed by atoms with Crippen molar-refractivity contribution in [1.29, 1.82) is 0 Å². The van der Waals surface area contributed by atoms with E-state index in [2.05, 4.69) is 20.4 Å². The maximum absolute atomic E-state index is 13.3. The third kappa shape index (κ3) is 3.48. The number of carbonyl (C=O) groups excluding carboxylic acids is 1. The Hall–Kier alpha value is -3.53. The largest absolute Gasteiger partial charge is 0.310 e. The summed E-state index contributed by atoms with van der Waals surface area (Å²) in [4.78, 5) is 34.6. The third-order valence-corrected chi connectivity index (χ3v) is 6.23. The summed E-state index contributed by atoms with van der Waals surface area (Å²) >= 11 is 1.42. The van der Waals surface area contributed by atoms with Crippen molar-refractivity contribution in [3.8, 4) is 5.69 Å². The van der Waals surface area contributed by atoms with Crippen molar-refractivity contribution in [3.63, 3.8) is 0 Å². The summed E-state index contributed by atoms with van der Waals surface area (Å²) in [6.07, 6.45) is 3.21. The van der Waals surface area contributed by atoms with Crippen LogP contribution in [0.5, 0.6) is 0 Å². The summed E-state index contributed by atoms with van der Waals surface area (Å²) in [6, 6.07) is 9.17. The van der Waals surface area contributed by atoms with Crippen LogP contribution in [-0.4, -0.2) is 36.0 Å². The Labute approximate surface area is 180 Å². The normalized spacial score (nSPS) is 15.2. The van der Waals surface area contributed by atoms with E-state index in [1.807, 2.05) is 13.0 Å². The first kappa shape index (κ1) is 19.4. The van der Waals surface area contributed by atoms with Crippen LogP contribution in [0.1, 0.15) is 18.0 Å². The van der Waals surface area contributed by atoms with Crippen molar-refractivity contribution in [2.45, 2.75) is 24.5 Å². The molecular formula is C21H17FN6O2S. The molecule has 0 saturated carbocycles. The second-order valence-electron chi connectivity index (χ2n) is 7.23. The van der Waals surface area contributed by atoms with Gasteiger partial charge in [0.05, 0.1) is 17.9 Å². The molecular weight excluding hydrogens is 419 g/mol. The molecule has 4 aromatic rings. The minimum atomic E-state index is -0.355. The summed E-state index contributed by atoms with van der Waals surface area (Å²) in [6.45, 7) is 1.87. The average molecular weight is 436 g/mol. The van der Waals surface area contributed by atoms with Crippen LogP contribution >= 0.6 is 11.8 Å². The van der Waals surface area contributed by atoms with E-state index in [-0.39, 0.29) is 29.7 Å². The van der Waals surface area contributed by atoms with Crippen LogP contribution in [-0.2, 0) is 4.79 Å². The van der Waals surface area contributed by atoms with Crippen molar-refractivity contribution in [3.05, 3.63) is 70.5 Å². The predicted octanol–water partition coefficient (Wildman–Crippen LogP) is 3.10. The number of aromatic nitrogens is 5. The van der Waals surface area contributed by atoms with Crippen LogP contribution in [0.3, 0.4) is 0 Å². The van der Waals surface area contributed by atoms with Crippen molar-refractivity contribution in [2.75, 3.05) is 11.1 Å². The number of hydrogen-bond donors (Lipinski definition) is 1. The van der Waals surface area contributed by atoms with Gasteiger partial charge in [-0.25, -0.2) is 19.0 Å². The van der Waals surface area contributed by atoms with Gasteiger partial charge in [-0.1, -0.05) is 17.8 Å². The summed E-state index contributed by atoms with van der Waals surface area (Å²) < 4.78 is 16.3. The van der Waals surface area contributed by atoms with Crippen LogP contribution in [0.25, 0.3) is 16.7 Å². The first-order valence-electron chi connectivity index (χ1n) is 9.62. The van der Waals surface area contributed by atoms with Gasteiger partial charge in [-0.2, -0.15) is 5.10 Å². The number of carbonyl (C=O) groups is 1. The molecule has 10 heteroatoms. The number of amides is 1. The van der Waals surface area contributed by atoms with Crippen LogP contribution in [0.4, 0.5) is 10.2 Å². The molecule has 1 atom stereocenters. The zero-order chi connectivity index (χ0) is 21.5. The first-order chi connectivity index (χ1) is 15.0. The summed E-state index contributed by atoms with van der Waals surface area (Å²) in [7, 11) is 0. The van der Waals surface area contributed by atoms with E-state index in [4.69, 9.17) is 0 Å². The summed E-state index contributed by atoms with van der Waals surface area (Å²) in [5, 5.41) is 7.97. The first-order valence-corrected chi connectivity index (χ1v) is 10.6. The molecule has 0 spiro atoms. The molecule has 0 fully saturated rings. The SMILES string of the molecule is Cc1cccnc1NC(=O)CC1CSc2nc3c(cnn3-c3ccc(F)cc3)c(=O)n21. The minimum Gasteiger partial charge on any atom is -0.310 e. The Morgan fingerprint density at radius 1 is 1.29 bits per heavy atom. The molecule has 31 heavy (non-hydrogen) atoms. The molecule has 0 saturated heterocycles. The number of hydrogen-bond acceptors (Lipinski definition) is 6. The number of thioether (sulfide) groups is 1. The molecule has 3 aromatic heterocycles. The number of halogens is 1. The molecule has 0 bridgehead atoms. The van der Waals surface area contributed by atoms with Gasteiger partial charge in [-0.15, -0.1) is 0 Å². The highest BCUT2D eigenvalue weighted by Crippen LogP contribution is 2.33. The van der Waals surface area contributed by atoms with E-state index in [1.54, 1.807) is 29.0 Å². The van der Waals surface area contributed by atoms with Crippen molar-refractivity contribution in [2.24, 2.45) is 0 Å². The quantitative estimate of drug-likeness (QED) is 0.494. The molecule has 1 aromatic carbocycles. The third-order valence-electron chi connectivity index (χ3n) is 5.13. The fraction of sp³-hybridized carbons (Fsp3) is 0.190. The van der Waals surface area contributed by atoms with Gasteiger partial charge in [0.25, 0.3) is 5.56 Å². The molecule has 1 N–H and O–H groups in total. The standard InChI is InChI=1S/C21H17FN6O2S/c1-12-3-2-8-23-18(12)25-17(29)9-15-11-31-21-26-19-16(20(30)27(15)21)10-24-28(19)14-6-4-13(22)5-7-14/h2-8,10,15H,9,11H2,1H3,(H,23,25,29). The van der Waals surface area contributed by atoms with Crippen LogP contribution in [0, 0.1) is 12.7 Å². The number of benzene rings is 1. The number of fused-ring (bicyclic) bond motifs is 2. The van der Waals surface area contributed by atoms with Crippen molar-refractivity contribution in [1.82, 2.24) is 24.3 Å². The van der Waals surface area contributed by atoms with Crippen LogP contribution in [0.15, 0.2) is 58.7 Å². The lowest BCUT2D eigenvalue weighted by atomic mass is 10.2. The molecule has 1 unspecified atom stereocenters. The van der Waals surface area contributed by atoms with E-state index >= 15 is 0 Å². The minimum absolute atomic E-state index is 0.134. The number of pyridine rings is 1. The highest BCUT2D eigenvalue weighted by molar-refractivity contribution is 7.99. The zero-order valence-corrected chi connectivity index (χ0v) is 17.3. The molecule has 0 aliphatic carbocycles. The topological polar surface area (TPSA) is 94.7 Å². The Balaban J connectivity index is 1.45. The van der Waals surface area contributed by atoms with E-state index in [9.17, 15) is 14.0 Å². The monoisotopic (exact) mass is 436 g/mol. The van der Waals surface area contributed by atoms with Gasteiger partial charge in [-0.05, 0) is 42.8 Å². The number of rotatable bonds is 4. The van der Waals surface area contributed by atoms with Gasteiger partial charge in [0.15, 0.2) is 10.8 Å². The molecule has 1 amide bonds. The molecule has 4 heterocycles. The fourth-order valence-electron chi connectivity index (χ4n) is 3.57. The van der Waals surface area contributed by atoms with E-state index in [0.717, 1.165) is 5.56 Å².